The standard InChI is InChI=1S/C13H18F2N2O2S/c14-11-1-2-13(12(15)9-11)20(18,19)17-7-4-10(3-6-16)5-8-17/h1-2,9-10H,3-8,16H2. The van der Waals surface area contributed by atoms with Gasteiger partial charge in [0.1, 0.15) is 16.5 Å². The molecule has 0 amide bonds. The maximum Gasteiger partial charge on any atom is 0.245 e. The highest BCUT2D eigenvalue weighted by Crippen LogP contribution is 2.26. The molecule has 0 aliphatic carbocycles. The molecule has 112 valence electrons. The Morgan fingerprint density at radius 1 is 1.25 bits per heavy atom. The largest absolute Gasteiger partial charge is 0.330 e. The summed E-state index contributed by atoms with van der Waals surface area (Å²) in [6.45, 7) is 1.29. The van der Waals surface area contributed by atoms with Crippen LogP contribution in [0.5, 0.6) is 0 Å². The summed E-state index contributed by atoms with van der Waals surface area (Å²) in [4.78, 5) is -0.462. The van der Waals surface area contributed by atoms with Crippen molar-refractivity contribution in [3.05, 3.63) is 29.8 Å². The van der Waals surface area contributed by atoms with Crippen molar-refractivity contribution >= 4 is 10.0 Å². The SMILES string of the molecule is NCCC1CCN(S(=O)(=O)c2ccc(F)cc2F)CC1. The van der Waals surface area contributed by atoms with E-state index in [0.717, 1.165) is 31.4 Å². The van der Waals surface area contributed by atoms with Gasteiger partial charge in [-0.2, -0.15) is 4.31 Å². The van der Waals surface area contributed by atoms with E-state index in [1.807, 2.05) is 0 Å². The molecular weight excluding hydrogens is 286 g/mol. The predicted octanol–water partition coefficient (Wildman–Crippen LogP) is 1.71. The molecule has 2 N–H and O–H groups in total. The number of sulfonamides is 1. The average molecular weight is 304 g/mol. The number of piperidine rings is 1. The molecule has 0 radical (unpaired) electrons. The maximum absolute atomic E-state index is 13.6. The van der Waals surface area contributed by atoms with Gasteiger partial charge in [0.25, 0.3) is 0 Å². The van der Waals surface area contributed by atoms with Gasteiger partial charge in [-0.25, -0.2) is 17.2 Å². The summed E-state index contributed by atoms with van der Waals surface area (Å²) < 4.78 is 52.4. The number of halogens is 2. The zero-order chi connectivity index (χ0) is 14.8. The molecule has 4 nitrogen and oxygen atoms in total. The van der Waals surface area contributed by atoms with Gasteiger partial charge < -0.3 is 5.73 Å². The predicted molar refractivity (Wildman–Crippen MR) is 71.5 cm³/mol. The van der Waals surface area contributed by atoms with Gasteiger partial charge in [-0.1, -0.05) is 0 Å². The second-order valence-corrected chi connectivity index (χ2v) is 6.91. The van der Waals surface area contributed by atoms with Gasteiger partial charge in [-0.3, -0.25) is 0 Å². The summed E-state index contributed by atoms with van der Waals surface area (Å²) >= 11 is 0. The molecule has 0 aromatic heterocycles. The number of rotatable bonds is 4. The molecular formula is C13H18F2N2O2S. The summed E-state index contributed by atoms with van der Waals surface area (Å²) in [6, 6.07) is 2.52. The van der Waals surface area contributed by atoms with Crippen LogP contribution in [0, 0.1) is 17.6 Å². The topological polar surface area (TPSA) is 63.4 Å². The lowest BCUT2D eigenvalue weighted by atomic mass is 9.95. The molecule has 1 aliphatic heterocycles. The summed E-state index contributed by atoms with van der Waals surface area (Å²) in [7, 11) is -3.89. The Kier molecular flexibility index (Phi) is 4.72. The number of hydrogen-bond donors (Lipinski definition) is 1. The van der Waals surface area contributed by atoms with Gasteiger partial charge in [0.15, 0.2) is 0 Å². The molecule has 0 saturated carbocycles. The Balaban J connectivity index is 2.15. The molecule has 1 fully saturated rings. The van der Waals surface area contributed by atoms with Crippen molar-refractivity contribution in [3.8, 4) is 0 Å². The number of benzene rings is 1. The van der Waals surface area contributed by atoms with Crippen LogP contribution in [0.15, 0.2) is 23.1 Å². The minimum atomic E-state index is -3.89. The lowest BCUT2D eigenvalue weighted by Gasteiger charge is -2.31. The van der Waals surface area contributed by atoms with E-state index in [2.05, 4.69) is 0 Å². The fourth-order valence-electron chi connectivity index (χ4n) is 2.50. The van der Waals surface area contributed by atoms with Crippen LogP contribution in [0.3, 0.4) is 0 Å². The second kappa shape index (κ2) is 6.15. The van der Waals surface area contributed by atoms with E-state index < -0.39 is 26.6 Å². The first-order valence-corrected chi connectivity index (χ1v) is 8.04. The van der Waals surface area contributed by atoms with Crippen LogP contribution < -0.4 is 5.73 Å². The van der Waals surface area contributed by atoms with E-state index in [1.165, 1.54) is 4.31 Å². The Bertz CT molecular complexity index is 570. The van der Waals surface area contributed by atoms with Gasteiger partial charge in [0, 0.05) is 19.2 Å². The fourth-order valence-corrected chi connectivity index (χ4v) is 4.01. The van der Waals surface area contributed by atoms with Crippen LogP contribution in [-0.2, 0) is 10.0 Å². The summed E-state index contributed by atoms with van der Waals surface area (Å²) in [5.74, 6) is -1.42. The Hall–Kier alpha value is -1.05. The normalized spacial score (nSPS) is 18.4. The maximum atomic E-state index is 13.6. The minimum absolute atomic E-state index is 0.351. The van der Waals surface area contributed by atoms with Gasteiger partial charge in [0.05, 0.1) is 0 Å². The van der Waals surface area contributed by atoms with Crippen molar-refractivity contribution in [1.29, 1.82) is 0 Å². The van der Waals surface area contributed by atoms with Crippen molar-refractivity contribution < 1.29 is 17.2 Å². The van der Waals surface area contributed by atoms with Crippen molar-refractivity contribution in [3.63, 3.8) is 0 Å². The molecule has 0 unspecified atom stereocenters. The van der Waals surface area contributed by atoms with Crippen molar-refractivity contribution in [2.75, 3.05) is 19.6 Å². The number of hydrogen-bond acceptors (Lipinski definition) is 3. The van der Waals surface area contributed by atoms with E-state index >= 15 is 0 Å². The molecule has 7 heteroatoms. The smallest absolute Gasteiger partial charge is 0.245 e. The molecule has 0 bridgehead atoms. The van der Waals surface area contributed by atoms with E-state index in [4.69, 9.17) is 5.73 Å². The van der Waals surface area contributed by atoms with Crippen LogP contribution in [0.2, 0.25) is 0 Å². The van der Waals surface area contributed by atoms with Crippen LogP contribution in [0.4, 0.5) is 8.78 Å². The second-order valence-electron chi connectivity index (χ2n) is 5.00. The van der Waals surface area contributed by atoms with Gasteiger partial charge in [-0.05, 0) is 43.9 Å². The Labute approximate surface area is 117 Å². The molecule has 0 spiro atoms. The summed E-state index contributed by atoms with van der Waals surface area (Å²) in [5.41, 5.74) is 5.49. The molecule has 0 atom stereocenters. The Morgan fingerprint density at radius 2 is 1.90 bits per heavy atom. The van der Waals surface area contributed by atoms with Gasteiger partial charge in [0.2, 0.25) is 10.0 Å². The molecule has 1 aromatic carbocycles. The van der Waals surface area contributed by atoms with E-state index in [-0.39, 0.29) is 0 Å². The Morgan fingerprint density at radius 3 is 2.45 bits per heavy atom. The highest BCUT2D eigenvalue weighted by molar-refractivity contribution is 7.89. The van der Waals surface area contributed by atoms with E-state index in [9.17, 15) is 17.2 Å². The van der Waals surface area contributed by atoms with Crippen molar-refractivity contribution in [2.45, 2.75) is 24.2 Å². The van der Waals surface area contributed by atoms with Crippen LogP contribution in [0.1, 0.15) is 19.3 Å². The summed E-state index contributed by atoms with van der Waals surface area (Å²) in [5, 5.41) is 0. The van der Waals surface area contributed by atoms with E-state index in [0.29, 0.717) is 31.6 Å². The first-order chi connectivity index (χ1) is 9.45. The average Bonchev–Trinajstić information content (AvgIpc) is 2.39. The fraction of sp³-hybridized carbons (Fsp3) is 0.538. The zero-order valence-corrected chi connectivity index (χ0v) is 11.9. The van der Waals surface area contributed by atoms with Crippen molar-refractivity contribution in [2.24, 2.45) is 11.7 Å². The van der Waals surface area contributed by atoms with Gasteiger partial charge in [-0.15, -0.1) is 0 Å². The lowest BCUT2D eigenvalue weighted by molar-refractivity contribution is 0.265. The van der Waals surface area contributed by atoms with Crippen LogP contribution >= 0.6 is 0 Å². The third-order valence-corrected chi connectivity index (χ3v) is 5.59. The van der Waals surface area contributed by atoms with Crippen LogP contribution in [-0.4, -0.2) is 32.4 Å². The first-order valence-electron chi connectivity index (χ1n) is 6.60. The summed E-state index contributed by atoms with van der Waals surface area (Å²) in [6.07, 6.45) is 2.32. The molecule has 1 heterocycles. The lowest BCUT2D eigenvalue weighted by Crippen LogP contribution is -2.39. The number of nitrogens with two attached hydrogens (primary N) is 1. The third kappa shape index (κ3) is 3.16. The van der Waals surface area contributed by atoms with Crippen LogP contribution in [0.25, 0.3) is 0 Å². The highest BCUT2D eigenvalue weighted by Gasteiger charge is 2.31. The van der Waals surface area contributed by atoms with Crippen molar-refractivity contribution in [1.82, 2.24) is 4.31 Å². The third-order valence-electron chi connectivity index (χ3n) is 3.66. The monoisotopic (exact) mass is 304 g/mol. The minimum Gasteiger partial charge on any atom is -0.330 e. The molecule has 1 aromatic rings. The molecule has 1 saturated heterocycles. The first kappa shape index (κ1) is 15.3. The highest BCUT2D eigenvalue weighted by atomic mass is 32.2. The molecule has 20 heavy (non-hydrogen) atoms. The quantitative estimate of drug-likeness (QED) is 0.921. The van der Waals surface area contributed by atoms with Gasteiger partial charge >= 0.3 is 0 Å². The molecule has 2 rings (SSSR count). The van der Waals surface area contributed by atoms with E-state index in [1.54, 1.807) is 0 Å². The molecule has 1 aliphatic rings. The zero-order valence-electron chi connectivity index (χ0n) is 11.1. The number of nitrogens with zero attached hydrogens (tertiary/aromatic N) is 1.